The Bertz CT molecular complexity index is 990. The Morgan fingerprint density at radius 2 is 2.16 bits per heavy atom. The molecule has 130 valence electrons. The number of ketones is 1. The minimum absolute atomic E-state index is 0.0888. The van der Waals surface area contributed by atoms with Crippen LogP contribution < -0.4 is 11.3 Å². The molecule has 0 amide bonds. The number of thiophene rings is 1. The van der Waals surface area contributed by atoms with Crippen LogP contribution in [0.3, 0.4) is 0 Å². The van der Waals surface area contributed by atoms with E-state index >= 15 is 0 Å². The highest BCUT2D eigenvalue weighted by Crippen LogP contribution is 2.27. The number of hydrogen-bond donors (Lipinski definition) is 1. The Kier molecular flexibility index (Phi) is 5.34. The number of aromatic nitrogens is 2. The number of nitrogens with zero attached hydrogens (tertiary/aromatic N) is 3. The average Bonchev–Trinajstić information content (AvgIpc) is 2.88. The number of nitriles is 1. The lowest BCUT2D eigenvalue weighted by Gasteiger charge is -2.05. The number of rotatable bonds is 5. The fraction of sp³-hybridized carbons (Fsp3) is 0.312. The van der Waals surface area contributed by atoms with Gasteiger partial charge in [0.25, 0.3) is 5.56 Å². The Balaban J connectivity index is 2.51. The predicted molar refractivity (Wildman–Crippen MR) is 92.1 cm³/mol. The maximum atomic E-state index is 12.7. The van der Waals surface area contributed by atoms with Gasteiger partial charge in [0, 0.05) is 5.70 Å². The van der Waals surface area contributed by atoms with Crippen molar-refractivity contribution in [2.24, 2.45) is 5.73 Å². The molecular weight excluding hydrogens is 344 g/mol. The molecule has 0 aromatic carbocycles. The van der Waals surface area contributed by atoms with E-state index in [2.05, 4.69) is 4.98 Å². The second-order valence-electron chi connectivity index (χ2n) is 5.23. The van der Waals surface area contributed by atoms with E-state index < -0.39 is 17.3 Å². The standard InChI is InChI=1S/C16H16N4O4S/c1-4-24-16(23)13-8(2)12-14(25-13)19-7-20(15(12)22)6-11(21)10(5-17)9(3)18/h7H,4,6,18H2,1-3H3/b10-9-. The minimum Gasteiger partial charge on any atom is -0.462 e. The quantitative estimate of drug-likeness (QED) is 0.483. The molecule has 0 spiro atoms. The summed E-state index contributed by atoms with van der Waals surface area (Å²) in [5.41, 5.74) is 5.40. The van der Waals surface area contributed by atoms with E-state index in [-0.39, 0.29) is 29.8 Å². The Morgan fingerprint density at radius 3 is 2.72 bits per heavy atom. The highest BCUT2D eigenvalue weighted by Gasteiger charge is 2.21. The van der Waals surface area contributed by atoms with E-state index in [4.69, 9.17) is 15.7 Å². The van der Waals surface area contributed by atoms with Gasteiger partial charge in [-0.2, -0.15) is 5.26 Å². The Morgan fingerprint density at radius 1 is 1.48 bits per heavy atom. The second kappa shape index (κ2) is 7.27. The summed E-state index contributed by atoms with van der Waals surface area (Å²) in [6.07, 6.45) is 1.22. The molecule has 0 radical (unpaired) electrons. The lowest BCUT2D eigenvalue weighted by Crippen LogP contribution is -2.26. The number of esters is 1. The highest BCUT2D eigenvalue weighted by atomic mass is 32.1. The molecule has 2 heterocycles. The first-order valence-corrected chi connectivity index (χ1v) is 8.18. The van der Waals surface area contributed by atoms with E-state index in [9.17, 15) is 14.4 Å². The van der Waals surface area contributed by atoms with Crippen LogP contribution >= 0.6 is 11.3 Å². The number of ether oxygens (including phenoxy) is 1. The van der Waals surface area contributed by atoms with Gasteiger partial charge in [0.1, 0.15) is 21.3 Å². The van der Waals surface area contributed by atoms with Crippen molar-refractivity contribution in [1.82, 2.24) is 9.55 Å². The number of fused-ring (bicyclic) bond motifs is 1. The van der Waals surface area contributed by atoms with Crippen molar-refractivity contribution in [2.75, 3.05) is 6.61 Å². The monoisotopic (exact) mass is 360 g/mol. The number of Topliss-reactive ketones (excluding diaryl/α,β-unsaturated/α-hetero) is 1. The maximum Gasteiger partial charge on any atom is 0.348 e. The fourth-order valence-electron chi connectivity index (χ4n) is 2.27. The van der Waals surface area contributed by atoms with Crippen LogP contribution in [0.25, 0.3) is 10.2 Å². The molecule has 2 aromatic rings. The summed E-state index contributed by atoms with van der Waals surface area (Å²) in [4.78, 5) is 41.6. The third kappa shape index (κ3) is 3.44. The number of aryl methyl sites for hydroxylation is 1. The van der Waals surface area contributed by atoms with Crippen LogP contribution in [-0.2, 0) is 16.1 Å². The molecule has 25 heavy (non-hydrogen) atoms. The Hall–Kier alpha value is -2.99. The van der Waals surface area contributed by atoms with Gasteiger partial charge in [-0.05, 0) is 26.3 Å². The Labute approximate surface area is 147 Å². The van der Waals surface area contributed by atoms with Crippen LogP contribution in [0.1, 0.15) is 29.1 Å². The molecule has 0 unspecified atom stereocenters. The summed E-state index contributed by atoms with van der Waals surface area (Å²) in [7, 11) is 0. The van der Waals surface area contributed by atoms with Crippen molar-refractivity contribution in [1.29, 1.82) is 5.26 Å². The van der Waals surface area contributed by atoms with Crippen LogP contribution in [0.4, 0.5) is 0 Å². The molecule has 0 aliphatic rings. The zero-order chi connectivity index (χ0) is 18.7. The van der Waals surface area contributed by atoms with Crippen molar-refractivity contribution >= 4 is 33.3 Å². The average molecular weight is 360 g/mol. The third-order valence-corrected chi connectivity index (χ3v) is 4.66. The fourth-order valence-corrected chi connectivity index (χ4v) is 3.30. The van der Waals surface area contributed by atoms with Gasteiger partial charge in [0.05, 0.1) is 24.9 Å². The normalized spacial score (nSPS) is 11.8. The molecule has 0 saturated heterocycles. The number of allylic oxidation sites excluding steroid dienone is 2. The van der Waals surface area contributed by atoms with E-state index in [0.29, 0.717) is 15.3 Å². The summed E-state index contributed by atoms with van der Waals surface area (Å²) in [6, 6.07) is 1.73. The summed E-state index contributed by atoms with van der Waals surface area (Å²) >= 11 is 1.06. The summed E-state index contributed by atoms with van der Waals surface area (Å²) in [5, 5.41) is 9.24. The van der Waals surface area contributed by atoms with E-state index in [0.717, 1.165) is 15.9 Å². The topological polar surface area (TPSA) is 128 Å². The molecule has 2 N–H and O–H groups in total. The highest BCUT2D eigenvalue weighted by molar-refractivity contribution is 7.20. The third-order valence-electron chi connectivity index (χ3n) is 3.48. The van der Waals surface area contributed by atoms with Crippen LogP contribution in [0.5, 0.6) is 0 Å². The molecule has 0 atom stereocenters. The van der Waals surface area contributed by atoms with Gasteiger partial charge in [0.2, 0.25) is 0 Å². The molecular formula is C16H16N4O4S. The van der Waals surface area contributed by atoms with Crippen molar-refractivity contribution in [3.63, 3.8) is 0 Å². The van der Waals surface area contributed by atoms with Gasteiger partial charge in [-0.1, -0.05) is 0 Å². The molecule has 8 nitrogen and oxygen atoms in total. The van der Waals surface area contributed by atoms with Gasteiger partial charge in [-0.15, -0.1) is 11.3 Å². The molecule has 0 aliphatic carbocycles. The number of carbonyl (C=O) groups is 2. The summed E-state index contributed by atoms with van der Waals surface area (Å²) < 4.78 is 6.07. The SMILES string of the molecule is CCOC(=O)c1sc2ncn(CC(=O)/C(C#N)=C(/C)N)c(=O)c2c1C. The lowest BCUT2D eigenvalue weighted by molar-refractivity contribution is -0.115. The van der Waals surface area contributed by atoms with Crippen molar-refractivity contribution in [2.45, 2.75) is 27.3 Å². The molecule has 2 aromatic heterocycles. The molecule has 0 fully saturated rings. The predicted octanol–water partition coefficient (Wildman–Crippen LogP) is 1.27. The van der Waals surface area contributed by atoms with E-state index in [1.807, 2.05) is 0 Å². The van der Waals surface area contributed by atoms with Crippen LogP contribution in [-0.4, -0.2) is 27.9 Å². The number of hydrogen-bond acceptors (Lipinski definition) is 8. The van der Waals surface area contributed by atoms with Gasteiger partial charge in [-0.25, -0.2) is 9.78 Å². The van der Waals surface area contributed by atoms with Gasteiger partial charge in [0.15, 0.2) is 5.78 Å². The van der Waals surface area contributed by atoms with Crippen molar-refractivity contribution in [3.8, 4) is 6.07 Å². The zero-order valence-electron chi connectivity index (χ0n) is 14.0. The number of nitrogens with two attached hydrogens (primary N) is 1. The van der Waals surface area contributed by atoms with Gasteiger partial charge < -0.3 is 10.5 Å². The van der Waals surface area contributed by atoms with Crippen LogP contribution in [0.15, 0.2) is 22.4 Å². The number of carbonyl (C=O) groups excluding carboxylic acids is 2. The van der Waals surface area contributed by atoms with Crippen LogP contribution in [0.2, 0.25) is 0 Å². The molecule has 9 heteroatoms. The van der Waals surface area contributed by atoms with Gasteiger partial charge in [-0.3, -0.25) is 14.2 Å². The summed E-state index contributed by atoms with van der Waals surface area (Å²) in [5.74, 6) is -1.09. The first-order chi connectivity index (χ1) is 11.8. The molecule has 0 bridgehead atoms. The summed E-state index contributed by atoms with van der Waals surface area (Å²) in [6.45, 7) is 4.63. The van der Waals surface area contributed by atoms with E-state index in [1.165, 1.54) is 13.3 Å². The largest absolute Gasteiger partial charge is 0.462 e. The van der Waals surface area contributed by atoms with Crippen molar-refractivity contribution < 1.29 is 14.3 Å². The molecule has 0 aliphatic heterocycles. The smallest absolute Gasteiger partial charge is 0.348 e. The molecule has 2 rings (SSSR count). The van der Waals surface area contributed by atoms with Gasteiger partial charge >= 0.3 is 5.97 Å². The lowest BCUT2D eigenvalue weighted by atomic mass is 10.1. The molecule has 0 saturated carbocycles. The second-order valence-corrected chi connectivity index (χ2v) is 6.23. The van der Waals surface area contributed by atoms with Crippen molar-refractivity contribution in [3.05, 3.63) is 38.4 Å². The maximum absolute atomic E-state index is 12.7. The zero-order valence-corrected chi connectivity index (χ0v) is 14.8. The van der Waals surface area contributed by atoms with E-state index in [1.54, 1.807) is 19.9 Å². The first-order valence-electron chi connectivity index (χ1n) is 7.37. The minimum atomic E-state index is -0.579. The first kappa shape index (κ1) is 18.4. The van der Waals surface area contributed by atoms with Crippen LogP contribution in [0, 0.1) is 18.3 Å².